The zero-order valence-corrected chi connectivity index (χ0v) is 20.1. The fourth-order valence-electron chi connectivity index (χ4n) is 4.14. The largest absolute Gasteiger partial charge is 0.507 e. The number of amides is 1. The van der Waals surface area contributed by atoms with E-state index in [-0.39, 0.29) is 17.4 Å². The van der Waals surface area contributed by atoms with Gasteiger partial charge in [0.25, 0.3) is 11.7 Å². The molecule has 1 amide bonds. The van der Waals surface area contributed by atoms with E-state index in [9.17, 15) is 14.7 Å². The molecule has 34 heavy (non-hydrogen) atoms. The summed E-state index contributed by atoms with van der Waals surface area (Å²) in [5.74, 6) is -1.06. The molecule has 4 rings (SSSR count). The molecule has 0 spiro atoms. The molecule has 3 aromatic rings. The molecule has 0 saturated carbocycles. The monoisotopic (exact) mass is 476 g/mol. The number of hydrogen-bond donors (Lipinski definition) is 1. The van der Waals surface area contributed by atoms with Crippen molar-refractivity contribution in [3.63, 3.8) is 0 Å². The van der Waals surface area contributed by atoms with Crippen LogP contribution in [0.3, 0.4) is 0 Å². The van der Waals surface area contributed by atoms with E-state index in [4.69, 9.17) is 16.3 Å². The third-order valence-electron chi connectivity index (χ3n) is 5.78. The Labute approximate surface area is 203 Å². The Kier molecular flexibility index (Phi) is 6.44. The van der Waals surface area contributed by atoms with Gasteiger partial charge in [-0.15, -0.1) is 0 Å². The summed E-state index contributed by atoms with van der Waals surface area (Å²) in [5.41, 5.74) is 3.05. The van der Waals surface area contributed by atoms with Gasteiger partial charge >= 0.3 is 0 Å². The molecule has 1 aromatic heterocycles. The van der Waals surface area contributed by atoms with E-state index in [1.54, 1.807) is 67.8 Å². The first-order valence-electron chi connectivity index (χ1n) is 10.9. The highest BCUT2D eigenvalue weighted by Gasteiger charge is 2.47. The van der Waals surface area contributed by atoms with E-state index in [2.05, 4.69) is 4.98 Å². The Morgan fingerprint density at radius 3 is 2.44 bits per heavy atom. The summed E-state index contributed by atoms with van der Waals surface area (Å²) < 4.78 is 5.79. The van der Waals surface area contributed by atoms with Crippen LogP contribution in [0.4, 0.5) is 5.69 Å². The lowest BCUT2D eigenvalue weighted by molar-refractivity contribution is -0.132. The van der Waals surface area contributed by atoms with Gasteiger partial charge in [0.2, 0.25) is 0 Å². The minimum Gasteiger partial charge on any atom is -0.507 e. The fraction of sp³-hybridized carbons (Fsp3) is 0.222. The molecule has 2 heterocycles. The maximum atomic E-state index is 13.3. The van der Waals surface area contributed by atoms with Gasteiger partial charge < -0.3 is 9.84 Å². The number of carbonyl (C=O) groups is 2. The van der Waals surface area contributed by atoms with Crippen LogP contribution in [0.15, 0.2) is 66.5 Å². The van der Waals surface area contributed by atoms with Crippen molar-refractivity contribution in [1.29, 1.82) is 0 Å². The molecule has 2 aromatic carbocycles. The zero-order valence-electron chi connectivity index (χ0n) is 19.4. The summed E-state index contributed by atoms with van der Waals surface area (Å²) in [6, 6.07) is 13.0. The average molecular weight is 477 g/mol. The second-order valence-electron chi connectivity index (χ2n) is 8.48. The lowest BCUT2D eigenvalue weighted by Crippen LogP contribution is -2.30. The zero-order chi connectivity index (χ0) is 24.6. The van der Waals surface area contributed by atoms with Crippen LogP contribution in [-0.4, -0.2) is 27.9 Å². The number of aromatic nitrogens is 1. The maximum absolute atomic E-state index is 13.3. The second-order valence-corrected chi connectivity index (χ2v) is 8.89. The summed E-state index contributed by atoms with van der Waals surface area (Å²) in [6.45, 7) is 7.52. The van der Waals surface area contributed by atoms with Crippen LogP contribution in [0.5, 0.6) is 5.75 Å². The third-order valence-corrected chi connectivity index (χ3v) is 6.19. The van der Waals surface area contributed by atoms with Crippen LogP contribution in [0, 0.1) is 13.8 Å². The minimum atomic E-state index is -0.841. The van der Waals surface area contributed by atoms with Gasteiger partial charge in [-0.2, -0.15) is 0 Å². The number of carbonyl (C=O) groups excluding carboxylic acids is 2. The van der Waals surface area contributed by atoms with Crippen LogP contribution in [0.25, 0.3) is 5.76 Å². The maximum Gasteiger partial charge on any atom is 0.300 e. The molecule has 1 N–H and O–H groups in total. The summed E-state index contributed by atoms with van der Waals surface area (Å²) >= 11 is 6.33. The summed E-state index contributed by atoms with van der Waals surface area (Å²) in [6.07, 6.45) is 3.17. The fourth-order valence-corrected chi connectivity index (χ4v) is 4.31. The molecule has 1 unspecified atom stereocenters. The van der Waals surface area contributed by atoms with Crippen molar-refractivity contribution >= 4 is 34.7 Å². The van der Waals surface area contributed by atoms with Gasteiger partial charge in [-0.3, -0.25) is 19.5 Å². The number of aliphatic hydroxyl groups is 1. The first-order valence-corrected chi connectivity index (χ1v) is 11.3. The molecule has 1 saturated heterocycles. The van der Waals surface area contributed by atoms with Gasteiger partial charge in [0.15, 0.2) is 0 Å². The number of pyridine rings is 1. The highest BCUT2D eigenvalue weighted by molar-refractivity contribution is 6.52. The predicted octanol–water partition coefficient (Wildman–Crippen LogP) is 5.77. The Balaban J connectivity index is 1.91. The topological polar surface area (TPSA) is 79.7 Å². The van der Waals surface area contributed by atoms with Crippen LogP contribution in [0.1, 0.15) is 42.1 Å². The predicted molar refractivity (Wildman–Crippen MR) is 132 cm³/mol. The van der Waals surface area contributed by atoms with E-state index < -0.39 is 17.7 Å². The molecule has 7 heteroatoms. The number of benzene rings is 2. The lowest BCUT2D eigenvalue weighted by atomic mass is 9.95. The van der Waals surface area contributed by atoms with E-state index in [0.29, 0.717) is 33.1 Å². The SMILES string of the molecule is Cc1cc(/C(O)=C2\C(=O)C(=O)N(c3cccc(Cl)c3C)C2c2ccncc2)ccc1OC(C)C. The second kappa shape index (κ2) is 9.31. The van der Waals surface area contributed by atoms with Crippen molar-refractivity contribution in [2.45, 2.75) is 39.8 Å². The van der Waals surface area contributed by atoms with Crippen molar-refractivity contribution in [3.05, 3.63) is 93.8 Å². The van der Waals surface area contributed by atoms with Crippen molar-refractivity contribution in [2.75, 3.05) is 4.90 Å². The molecule has 0 bridgehead atoms. The number of ketones is 1. The Morgan fingerprint density at radius 1 is 1.09 bits per heavy atom. The molecule has 0 radical (unpaired) electrons. The number of rotatable bonds is 5. The molecular formula is C27H25ClN2O4. The summed E-state index contributed by atoms with van der Waals surface area (Å²) in [7, 11) is 0. The number of anilines is 1. The lowest BCUT2D eigenvalue weighted by Gasteiger charge is -2.27. The molecule has 174 valence electrons. The quantitative estimate of drug-likeness (QED) is 0.287. The van der Waals surface area contributed by atoms with Gasteiger partial charge in [-0.25, -0.2) is 0 Å². The Bertz CT molecular complexity index is 1300. The minimum absolute atomic E-state index is 0.00361. The average Bonchev–Trinajstić information content (AvgIpc) is 3.07. The van der Waals surface area contributed by atoms with E-state index in [1.165, 1.54) is 4.90 Å². The van der Waals surface area contributed by atoms with Crippen LogP contribution in [0.2, 0.25) is 5.02 Å². The number of Topliss-reactive ketones (excluding diaryl/α,β-unsaturated/α-hetero) is 1. The smallest absolute Gasteiger partial charge is 0.300 e. The normalized spacial score (nSPS) is 17.5. The molecular weight excluding hydrogens is 452 g/mol. The van der Waals surface area contributed by atoms with Crippen LogP contribution in [-0.2, 0) is 9.59 Å². The number of nitrogens with zero attached hydrogens (tertiary/aromatic N) is 2. The highest BCUT2D eigenvalue weighted by atomic mass is 35.5. The van der Waals surface area contributed by atoms with Crippen molar-refractivity contribution in [1.82, 2.24) is 4.98 Å². The van der Waals surface area contributed by atoms with Crippen LogP contribution < -0.4 is 9.64 Å². The Morgan fingerprint density at radius 2 is 1.79 bits per heavy atom. The number of hydrogen-bond acceptors (Lipinski definition) is 5. The molecule has 6 nitrogen and oxygen atoms in total. The van der Waals surface area contributed by atoms with Crippen LogP contribution >= 0.6 is 11.6 Å². The van der Waals surface area contributed by atoms with Gasteiger partial charge in [0, 0.05) is 28.7 Å². The molecule has 1 aliphatic heterocycles. The first-order chi connectivity index (χ1) is 16.2. The van der Waals surface area contributed by atoms with Crippen molar-refractivity contribution in [2.24, 2.45) is 0 Å². The number of ether oxygens (including phenoxy) is 1. The van der Waals surface area contributed by atoms with Crippen molar-refractivity contribution in [3.8, 4) is 5.75 Å². The highest BCUT2D eigenvalue weighted by Crippen LogP contribution is 2.44. The number of aryl methyl sites for hydroxylation is 1. The first kappa shape index (κ1) is 23.5. The standard InChI is InChI=1S/C27H25ClN2O4/c1-15(2)34-22-9-8-19(14-16(22)3)25(31)23-24(18-10-12-29-13-11-18)30(27(33)26(23)32)21-7-5-6-20(28)17(21)4/h5-15,24,31H,1-4H3/b25-23+. The van der Waals surface area contributed by atoms with E-state index in [0.717, 1.165) is 5.56 Å². The summed E-state index contributed by atoms with van der Waals surface area (Å²) in [4.78, 5) is 32.0. The molecule has 1 fully saturated rings. The van der Waals surface area contributed by atoms with Gasteiger partial charge in [0.05, 0.1) is 17.7 Å². The van der Waals surface area contributed by atoms with Crippen molar-refractivity contribution < 1.29 is 19.4 Å². The van der Waals surface area contributed by atoms with Gasteiger partial charge in [0.1, 0.15) is 11.5 Å². The molecule has 1 aliphatic rings. The molecule has 1 atom stereocenters. The third kappa shape index (κ3) is 4.17. The number of aliphatic hydroxyl groups excluding tert-OH is 1. The van der Waals surface area contributed by atoms with E-state index in [1.807, 2.05) is 20.8 Å². The Hall–Kier alpha value is -3.64. The van der Waals surface area contributed by atoms with Gasteiger partial charge in [-0.05, 0) is 86.8 Å². The van der Waals surface area contributed by atoms with E-state index >= 15 is 0 Å². The van der Waals surface area contributed by atoms with Gasteiger partial charge in [-0.1, -0.05) is 17.7 Å². The summed E-state index contributed by atoms with van der Waals surface area (Å²) in [5, 5.41) is 11.8. The molecule has 0 aliphatic carbocycles. The number of halogens is 1.